The number of rotatable bonds is 4. The van der Waals surface area contributed by atoms with E-state index in [1.807, 2.05) is 12.1 Å². The molecular formula is C24H32FN5O. The van der Waals surface area contributed by atoms with Gasteiger partial charge in [0.2, 0.25) is 5.95 Å². The lowest BCUT2D eigenvalue weighted by Gasteiger charge is -2.33. The van der Waals surface area contributed by atoms with Crippen LogP contribution < -0.4 is 15.4 Å². The molecule has 3 aliphatic rings. The first kappa shape index (κ1) is 20.5. The fourth-order valence-electron chi connectivity index (χ4n) is 5.27. The van der Waals surface area contributed by atoms with Gasteiger partial charge in [-0.05, 0) is 55.7 Å². The first-order valence-corrected chi connectivity index (χ1v) is 11.7. The predicted octanol–water partition coefficient (Wildman–Crippen LogP) is 3.30. The van der Waals surface area contributed by atoms with Gasteiger partial charge >= 0.3 is 0 Å². The summed E-state index contributed by atoms with van der Waals surface area (Å²) in [5.41, 5.74) is 3.37. The summed E-state index contributed by atoms with van der Waals surface area (Å²) in [6, 6.07) is 5.64. The average molecular weight is 426 g/mol. The molecule has 0 saturated carbocycles. The van der Waals surface area contributed by atoms with Gasteiger partial charge in [0.25, 0.3) is 5.56 Å². The molecule has 2 aromatic rings. The first-order chi connectivity index (χ1) is 15.1. The Labute approximate surface area is 183 Å². The SMILES string of the molecule is CC1CCCN(c2nc3c(c(=O)[nH]2)CCN(Cc2ccc(N4CCCC4)c(F)c2)C3)C1. The lowest BCUT2D eigenvalue weighted by molar-refractivity contribution is 0.240. The largest absolute Gasteiger partial charge is 0.369 e. The number of benzene rings is 1. The van der Waals surface area contributed by atoms with Gasteiger partial charge in [-0.25, -0.2) is 9.37 Å². The van der Waals surface area contributed by atoms with Crippen molar-refractivity contribution in [3.63, 3.8) is 0 Å². The smallest absolute Gasteiger partial charge is 0.255 e. The Morgan fingerprint density at radius 2 is 1.94 bits per heavy atom. The second-order valence-electron chi connectivity index (χ2n) is 9.45. The van der Waals surface area contributed by atoms with Crippen molar-refractivity contribution in [2.45, 2.75) is 52.1 Å². The zero-order valence-electron chi connectivity index (χ0n) is 18.4. The summed E-state index contributed by atoms with van der Waals surface area (Å²) in [5.74, 6) is 1.19. The number of anilines is 2. The van der Waals surface area contributed by atoms with Crippen LogP contribution in [0.5, 0.6) is 0 Å². The van der Waals surface area contributed by atoms with Crippen LogP contribution in [0.25, 0.3) is 0 Å². The fraction of sp³-hybridized carbons (Fsp3) is 0.583. The molecule has 1 N–H and O–H groups in total. The summed E-state index contributed by atoms with van der Waals surface area (Å²) < 4.78 is 14.7. The molecule has 4 heterocycles. The van der Waals surface area contributed by atoms with Crippen molar-refractivity contribution in [2.75, 3.05) is 42.5 Å². The van der Waals surface area contributed by atoms with E-state index in [0.29, 0.717) is 31.4 Å². The van der Waals surface area contributed by atoms with E-state index in [1.54, 1.807) is 6.07 Å². The van der Waals surface area contributed by atoms with E-state index in [4.69, 9.17) is 4.98 Å². The summed E-state index contributed by atoms with van der Waals surface area (Å²) in [5, 5.41) is 0. The highest BCUT2D eigenvalue weighted by Gasteiger charge is 2.25. The number of fused-ring (bicyclic) bond motifs is 1. The molecular weight excluding hydrogens is 393 g/mol. The lowest BCUT2D eigenvalue weighted by Crippen LogP contribution is -2.39. The molecule has 6 nitrogen and oxygen atoms in total. The van der Waals surface area contributed by atoms with Crippen LogP contribution in [0, 0.1) is 11.7 Å². The summed E-state index contributed by atoms with van der Waals surface area (Å²) in [6.07, 6.45) is 5.32. The molecule has 2 fully saturated rings. The van der Waals surface area contributed by atoms with Gasteiger partial charge in [-0.1, -0.05) is 13.0 Å². The molecule has 31 heavy (non-hydrogen) atoms. The number of aromatic nitrogens is 2. The van der Waals surface area contributed by atoms with Crippen molar-refractivity contribution in [2.24, 2.45) is 5.92 Å². The van der Waals surface area contributed by atoms with E-state index in [-0.39, 0.29) is 11.4 Å². The summed E-state index contributed by atoms with van der Waals surface area (Å²) in [4.78, 5) is 27.2. The predicted molar refractivity (Wildman–Crippen MR) is 121 cm³/mol. The maximum absolute atomic E-state index is 14.7. The number of nitrogens with one attached hydrogen (secondary N) is 1. The van der Waals surface area contributed by atoms with E-state index in [2.05, 4.69) is 26.6 Å². The van der Waals surface area contributed by atoms with E-state index < -0.39 is 0 Å². The Kier molecular flexibility index (Phi) is 5.69. The number of hydrogen-bond donors (Lipinski definition) is 1. The molecule has 0 bridgehead atoms. The maximum atomic E-state index is 14.7. The van der Waals surface area contributed by atoms with E-state index in [1.165, 1.54) is 6.42 Å². The van der Waals surface area contributed by atoms with Gasteiger partial charge in [-0.2, -0.15) is 0 Å². The van der Waals surface area contributed by atoms with Crippen LogP contribution in [0.4, 0.5) is 16.0 Å². The van der Waals surface area contributed by atoms with Crippen molar-refractivity contribution < 1.29 is 4.39 Å². The number of piperidine rings is 1. The third-order valence-electron chi connectivity index (χ3n) is 6.96. The molecule has 1 unspecified atom stereocenters. The lowest BCUT2D eigenvalue weighted by atomic mass is 10.0. The minimum atomic E-state index is -0.132. The van der Waals surface area contributed by atoms with Crippen LogP contribution in [-0.4, -0.2) is 47.6 Å². The zero-order chi connectivity index (χ0) is 21.4. The second kappa shape index (κ2) is 8.61. The van der Waals surface area contributed by atoms with Crippen molar-refractivity contribution >= 4 is 11.6 Å². The summed E-state index contributed by atoms with van der Waals surface area (Å²) in [7, 11) is 0. The van der Waals surface area contributed by atoms with Gasteiger partial charge in [0.15, 0.2) is 0 Å². The number of halogens is 1. The standard InChI is InChI=1S/C24H32FN5O/c1-17-5-4-11-30(14-17)24-26-21-16-28(12-8-19(21)23(31)27-24)15-18-6-7-22(20(25)13-18)29-9-2-3-10-29/h6-7,13,17H,2-5,8-12,14-16H2,1H3,(H,26,27,31). The normalized spacial score (nSPS) is 22.1. The molecule has 0 spiro atoms. The van der Waals surface area contributed by atoms with E-state index in [9.17, 15) is 9.18 Å². The summed E-state index contributed by atoms with van der Waals surface area (Å²) >= 11 is 0. The second-order valence-corrected chi connectivity index (χ2v) is 9.45. The Morgan fingerprint density at radius 1 is 1.13 bits per heavy atom. The monoisotopic (exact) mass is 425 g/mol. The number of H-pyrrole nitrogens is 1. The molecule has 1 aromatic carbocycles. The molecule has 0 radical (unpaired) electrons. The third-order valence-corrected chi connectivity index (χ3v) is 6.96. The maximum Gasteiger partial charge on any atom is 0.255 e. The Morgan fingerprint density at radius 3 is 2.71 bits per heavy atom. The molecule has 2 saturated heterocycles. The minimum Gasteiger partial charge on any atom is -0.369 e. The van der Waals surface area contributed by atoms with Crippen molar-refractivity contribution in [3.05, 3.63) is 51.2 Å². The number of nitrogens with zero attached hydrogens (tertiary/aromatic N) is 4. The van der Waals surface area contributed by atoms with E-state index >= 15 is 0 Å². The van der Waals surface area contributed by atoms with Crippen molar-refractivity contribution in [1.29, 1.82) is 0 Å². The average Bonchev–Trinajstić information content (AvgIpc) is 3.28. The molecule has 7 heteroatoms. The first-order valence-electron chi connectivity index (χ1n) is 11.7. The van der Waals surface area contributed by atoms with Crippen LogP contribution in [0.2, 0.25) is 0 Å². The zero-order valence-corrected chi connectivity index (χ0v) is 18.4. The highest BCUT2D eigenvalue weighted by atomic mass is 19.1. The minimum absolute atomic E-state index is 0.00103. The summed E-state index contributed by atoms with van der Waals surface area (Å²) in [6.45, 7) is 8.10. The van der Waals surface area contributed by atoms with Gasteiger partial charge in [-0.15, -0.1) is 0 Å². The molecule has 3 aliphatic heterocycles. The molecule has 5 rings (SSSR count). The van der Waals surface area contributed by atoms with Gasteiger partial charge in [0.1, 0.15) is 5.82 Å². The molecule has 1 atom stereocenters. The molecule has 0 amide bonds. The molecule has 166 valence electrons. The number of hydrogen-bond acceptors (Lipinski definition) is 5. The quantitative estimate of drug-likeness (QED) is 0.815. The van der Waals surface area contributed by atoms with Crippen LogP contribution >= 0.6 is 0 Å². The topological polar surface area (TPSA) is 55.5 Å². The Balaban J connectivity index is 1.31. The third kappa shape index (κ3) is 4.33. The molecule has 0 aliphatic carbocycles. The van der Waals surface area contributed by atoms with Crippen LogP contribution in [0.3, 0.4) is 0 Å². The fourth-order valence-corrected chi connectivity index (χ4v) is 5.27. The van der Waals surface area contributed by atoms with Crippen molar-refractivity contribution in [1.82, 2.24) is 14.9 Å². The van der Waals surface area contributed by atoms with Gasteiger partial charge < -0.3 is 9.80 Å². The van der Waals surface area contributed by atoms with Gasteiger partial charge in [0.05, 0.1) is 11.4 Å². The number of aromatic amines is 1. The van der Waals surface area contributed by atoms with Crippen LogP contribution in [-0.2, 0) is 19.5 Å². The Bertz CT molecular complexity index is 1000. The van der Waals surface area contributed by atoms with Crippen LogP contribution in [0.1, 0.15) is 49.4 Å². The van der Waals surface area contributed by atoms with Crippen LogP contribution in [0.15, 0.2) is 23.0 Å². The Hall–Kier alpha value is -2.41. The van der Waals surface area contributed by atoms with Gasteiger partial charge in [0, 0.05) is 51.4 Å². The highest BCUT2D eigenvalue weighted by molar-refractivity contribution is 5.50. The highest BCUT2D eigenvalue weighted by Crippen LogP contribution is 2.26. The molecule has 1 aromatic heterocycles. The van der Waals surface area contributed by atoms with E-state index in [0.717, 1.165) is 74.5 Å². The van der Waals surface area contributed by atoms with Gasteiger partial charge in [-0.3, -0.25) is 14.7 Å². The van der Waals surface area contributed by atoms with Crippen molar-refractivity contribution in [3.8, 4) is 0 Å².